The van der Waals surface area contributed by atoms with Crippen LogP contribution < -0.4 is 10.6 Å². The van der Waals surface area contributed by atoms with E-state index in [1.54, 1.807) is 6.33 Å². The minimum Gasteiger partial charge on any atom is -0.353 e. The molecule has 2 atom stereocenters. The van der Waals surface area contributed by atoms with E-state index in [0.717, 1.165) is 31.0 Å². The third kappa shape index (κ3) is 2.57. The first kappa shape index (κ1) is 12.3. The molecule has 0 saturated carbocycles. The number of hydrogen-bond acceptors (Lipinski definition) is 4. The first-order chi connectivity index (χ1) is 8.11. The lowest BCUT2D eigenvalue weighted by molar-refractivity contribution is 0.579. The van der Waals surface area contributed by atoms with E-state index < -0.39 is 0 Å². The zero-order valence-corrected chi connectivity index (χ0v) is 10.9. The van der Waals surface area contributed by atoms with Gasteiger partial charge in [-0.1, -0.05) is 13.8 Å². The van der Waals surface area contributed by atoms with Crippen molar-refractivity contribution in [2.24, 2.45) is 11.7 Å². The van der Waals surface area contributed by atoms with Gasteiger partial charge < -0.3 is 10.6 Å². The zero-order valence-electron chi connectivity index (χ0n) is 10.9. The van der Waals surface area contributed by atoms with Crippen molar-refractivity contribution in [3.63, 3.8) is 0 Å². The molecule has 1 aliphatic rings. The van der Waals surface area contributed by atoms with E-state index in [2.05, 4.69) is 41.7 Å². The van der Waals surface area contributed by atoms with Crippen LogP contribution >= 0.6 is 0 Å². The van der Waals surface area contributed by atoms with Crippen molar-refractivity contribution in [1.82, 2.24) is 9.97 Å². The first-order valence-electron chi connectivity index (χ1n) is 6.40. The molecule has 2 N–H and O–H groups in total. The van der Waals surface area contributed by atoms with Gasteiger partial charge >= 0.3 is 0 Å². The lowest BCUT2D eigenvalue weighted by atomic mass is 10.1. The molecule has 4 heteroatoms. The highest BCUT2D eigenvalue weighted by molar-refractivity contribution is 5.42. The number of aromatic nitrogens is 2. The van der Waals surface area contributed by atoms with E-state index in [1.807, 2.05) is 0 Å². The molecular weight excluding hydrogens is 212 g/mol. The van der Waals surface area contributed by atoms with Gasteiger partial charge in [-0.25, -0.2) is 9.97 Å². The quantitative estimate of drug-likeness (QED) is 0.866. The summed E-state index contributed by atoms with van der Waals surface area (Å²) in [7, 11) is 0. The molecule has 0 spiro atoms. The molecule has 94 valence electrons. The predicted octanol–water partition coefficient (Wildman–Crippen LogP) is 1.77. The molecule has 1 aliphatic heterocycles. The Morgan fingerprint density at radius 2 is 2.24 bits per heavy atom. The van der Waals surface area contributed by atoms with Gasteiger partial charge in [0.1, 0.15) is 12.1 Å². The summed E-state index contributed by atoms with van der Waals surface area (Å²) in [4.78, 5) is 11.1. The van der Waals surface area contributed by atoms with Crippen LogP contribution in [0.3, 0.4) is 0 Å². The maximum Gasteiger partial charge on any atom is 0.132 e. The van der Waals surface area contributed by atoms with Crippen molar-refractivity contribution < 1.29 is 0 Å². The number of rotatable bonds is 3. The van der Waals surface area contributed by atoms with Crippen LogP contribution in [-0.2, 0) is 0 Å². The van der Waals surface area contributed by atoms with E-state index in [0.29, 0.717) is 17.9 Å². The standard InChI is InChI=1S/C13H22N4/c1-9(2)12-5-13(16-8-15-12)17-7-11(6-14)4-10(17)3/h5,8-11H,4,6-7,14H2,1-3H3. The number of nitrogens with two attached hydrogens (primary N) is 1. The van der Waals surface area contributed by atoms with Crippen molar-refractivity contribution in [3.8, 4) is 0 Å². The Morgan fingerprint density at radius 3 is 2.82 bits per heavy atom. The third-order valence-electron chi connectivity index (χ3n) is 3.55. The maximum absolute atomic E-state index is 5.76. The predicted molar refractivity (Wildman–Crippen MR) is 70.1 cm³/mol. The van der Waals surface area contributed by atoms with Gasteiger partial charge in [0.25, 0.3) is 0 Å². The first-order valence-corrected chi connectivity index (χ1v) is 6.40. The normalized spacial score (nSPS) is 24.6. The molecule has 2 rings (SSSR count). The van der Waals surface area contributed by atoms with Gasteiger partial charge in [0.15, 0.2) is 0 Å². The highest BCUT2D eigenvalue weighted by Crippen LogP contribution is 2.28. The molecular formula is C13H22N4. The Labute approximate surface area is 103 Å². The largest absolute Gasteiger partial charge is 0.353 e. The Balaban J connectivity index is 2.19. The van der Waals surface area contributed by atoms with Gasteiger partial charge in [0.05, 0.1) is 0 Å². The third-order valence-corrected chi connectivity index (χ3v) is 3.55. The monoisotopic (exact) mass is 234 g/mol. The average molecular weight is 234 g/mol. The molecule has 1 aromatic rings. The van der Waals surface area contributed by atoms with Crippen LogP contribution in [0.5, 0.6) is 0 Å². The minimum atomic E-state index is 0.444. The molecule has 17 heavy (non-hydrogen) atoms. The molecule has 1 saturated heterocycles. The Bertz CT molecular complexity index is 377. The topological polar surface area (TPSA) is 55.0 Å². The fourth-order valence-electron chi connectivity index (χ4n) is 2.47. The summed E-state index contributed by atoms with van der Waals surface area (Å²) in [6.45, 7) is 8.34. The lowest BCUT2D eigenvalue weighted by Crippen LogP contribution is -2.28. The molecule has 0 amide bonds. The summed E-state index contributed by atoms with van der Waals surface area (Å²) in [5.74, 6) is 2.09. The van der Waals surface area contributed by atoms with E-state index in [1.165, 1.54) is 0 Å². The molecule has 0 bridgehead atoms. The lowest BCUT2D eigenvalue weighted by Gasteiger charge is -2.23. The minimum absolute atomic E-state index is 0.444. The van der Waals surface area contributed by atoms with Crippen molar-refractivity contribution in [2.75, 3.05) is 18.0 Å². The van der Waals surface area contributed by atoms with Crippen LogP contribution in [0.1, 0.15) is 38.8 Å². The van der Waals surface area contributed by atoms with Crippen LogP contribution in [0.15, 0.2) is 12.4 Å². The van der Waals surface area contributed by atoms with Crippen molar-refractivity contribution in [3.05, 3.63) is 18.1 Å². The van der Waals surface area contributed by atoms with Gasteiger partial charge in [0.2, 0.25) is 0 Å². The van der Waals surface area contributed by atoms with Gasteiger partial charge in [-0.05, 0) is 31.7 Å². The van der Waals surface area contributed by atoms with Crippen molar-refractivity contribution in [2.45, 2.75) is 39.2 Å². The molecule has 1 fully saturated rings. The van der Waals surface area contributed by atoms with E-state index in [4.69, 9.17) is 5.73 Å². The van der Waals surface area contributed by atoms with Crippen LogP contribution in [-0.4, -0.2) is 29.1 Å². The van der Waals surface area contributed by atoms with Crippen molar-refractivity contribution >= 4 is 5.82 Å². The van der Waals surface area contributed by atoms with Crippen LogP contribution in [0, 0.1) is 5.92 Å². The van der Waals surface area contributed by atoms with Gasteiger partial charge in [0, 0.05) is 24.3 Å². The van der Waals surface area contributed by atoms with E-state index >= 15 is 0 Å². The average Bonchev–Trinajstić information content (AvgIpc) is 2.71. The molecule has 0 aliphatic carbocycles. The molecule has 2 unspecified atom stereocenters. The smallest absolute Gasteiger partial charge is 0.132 e. The highest BCUT2D eigenvalue weighted by atomic mass is 15.2. The summed E-state index contributed by atoms with van der Waals surface area (Å²) in [5.41, 5.74) is 6.86. The second-order valence-corrected chi connectivity index (χ2v) is 5.29. The fourth-order valence-corrected chi connectivity index (χ4v) is 2.47. The highest BCUT2D eigenvalue weighted by Gasteiger charge is 2.29. The maximum atomic E-state index is 5.76. The Morgan fingerprint density at radius 1 is 1.47 bits per heavy atom. The van der Waals surface area contributed by atoms with Crippen LogP contribution in [0.4, 0.5) is 5.82 Å². The zero-order chi connectivity index (χ0) is 12.4. The number of anilines is 1. The van der Waals surface area contributed by atoms with Crippen LogP contribution in [0.25, 0.3) is 0 Å². The summed E-state index contributed by atoms with van der Waals surface area (Å²) >= 11 is 0. The van der Waals surface area contributed by atoms with Crippen molar-refractivity contribution in [1.29, 1.82) is 0 Å². The van der Waals surface area contributed by atoms with E-state index in [9.17, 15) is 0 Å². The van der Waals surface area contributed by atoms with Gasteiger partial charge in [-0.15, -0.1) is 0 Å². The summed E-state index contributed by atoms with van der Waals surface area (Å²) in [6.07, 6.45) is 2.84. The number of nitrogens with zero attached hydrogens (tertiary/aromatic N) is 3. The molecule has 2 heterocycles. The molecule has 1 aromatic heterocycles. The van der Waals surface area contributed by atoms with Crippen LogP contribution in [0.2, 0.25) is 0 Å². The Hall–Kier alpha value is -1.16. The second-order valence-electron chi connectivity index (χ2n) is 5.29. The van der Waals surface area contributed by atoms with Gasteiger partial charge in [-0.2, -0.15) is 0 Å². The van der Waals surface area contributed by atoms with E-state index in [-0.39, 0.29) is 0 Å². The molecule has 0 radical (unpaired) electrons. The van der Waals surface area contributed by atoms with Gasteiger partial charge in [-0.3, -0.25) is 0 Å². The summed E-state index contributed by atoms with van der Waals surface area (Å²) in [5, 5.41) is 0. The summed E-state index contributed by atoms with van der Waals surface area (Å²) < 4.78 is 0. The number of hydrogen-bond donors (Lipinski definition) is 1. The second kappa shape index (κ2) is 5.00. The molecule has 0 aromatic carbocycles. The SMILES string of the molecule is CC(C)c1cc(N2CC(CN)CC2C)ncn1. The summed E-state index contributed by atoms with van der Waals surface area (Å²) in [6, 6.07) is 2.64. The molecule has 4 nitrogen and oxygen atoms in total. The Kier molecular flexibility index (Phi) is 3.62. The fraction of sp³-hybridized carbons (Fsp3) is 0.692.